The molecule has 1 aromatic heterocycles. The predicted octanol–water partition coefficient (Wildman–Crippen LogP) is 3.23. The monoisotopic (exact) mass is 408 g/mol. The summed E-state index contributed by atoms with van der Waals surface area (Å²) < 4.78 is 1.32. The van der Waals surface area contributed by atoms with Crippen molar-refractivity contribution >= 4 is 28.2 Å². The maximum Gasteiger partial charge on any atom is 0.330 e. The summed E-state index contributed by atoms with van der Waals surface area (Å²) in [6, 6.07) is 13.2. The van der Waals surface area contributed by atoms with E-state index in [1.807, 2.05) is 58.0 Å². The van der Waals surface area contributed by atoms with Gasteiger partial charge in [0.1, 0.15) is 5.82 Å². The molecule has 0 unspecified atom stereocenters. The highest BCUT2D eigenvalue weighted by molar-refractivity contribution is 6.09. The van der Waals surface area contributed by atoms with Crippen molar-refractivity contribution in [3.05, 3.63) is 68.9 Å². The van der Waals surface area contributed by atoms with Gasteiger partial charge in [-0.3, -0.25) is 19.1 Å². The van der Waals surface area contributed by atoms with Crippen molar-refractivity contribution < 1.29 is 4.79 Å². The second-order valence-corrected chi connectivity index (χ2v) is 8.37. The second kappa shape index (κ2) is 8.57. The Kier molecular flexibility index (Phi) is 6.10. The summed E-state index contributed by atoms with van der Waals surface area (Å²) in [5.41, 5.74) is 5.50. The predicted molar refractivity (Wildman–Crippen MR) is 121 cm³/mol. The van der Waals surface area contributed by atoms with Crippen molar-refractivity contribution in [1.29, 1.82) is 0 Å². The lowest BCUT2D eigenvalue weighted by Gasteiger charge is -2.26. The Morgan fingerprint density at radius 3 is 2.33 bits per heavy atom. The van der Waals surface area contributed by atoms with Crippen LogP contribution < -0.4 is 21.9 Å². The Balaban J connectivity index is 2.15. The molecule has 2 aromatic carbocycles. The van der Waals surface area contributed by atoms with Gasteiger partial charge in [0.15, 0.2) is 5.69 Å². The lowest BCUT2D eigenvalue weighted by Crippen LogP contribution is -2.43. The van der Waals surface area contributed by atoms with Crippen LogP contribution in [0.4, 0.5) is 11.5 Å². The maximum atomic E-state index is 13.5. The fourth-order valence-corrected chi connectivity index (χ4v) is 3.50. The van der Waals surface area contributed by atoms with E-state index >= 15 is 0 Å². The smallest absolute Gasteiger partial charge is 0.330 e. The lowest BCUT2D eigenvalue weighted by atomic mass is 10.1. The van der Waals surface area contributed by atoms with Crippen LogP contribution in [0.2, 0.25) is 0 Å². The molecule has 7 heteroatoms. The van der Waals surface area contributed by atoms with Crippen LogP contribution in [0.15, 0.2) is 52.1 Å². The normalized spacial score (nSPS) is 11.4. The van der Waals surface area contributed by atoms with Gasteiger partial charge in [0.2, 0.25) is 0 Å². The molecule has 0 radical (unpaired) electrons. The Labute approximate surface area is 175 Å². The summed E-state index contributed by atoms with van der Waals surface area (Å²) in [5.74, 6) is -0.106. The number of fused-ring (bicyclic) bond motifs is 1. The number of nitrogens with zero attached hydrogens (tertiary/aromatic N) is 2. The molecule has 0 saturated carbocycles. The highest BCUT2D eigenvalue weighted by Crippen LogP contribution is 2.23. The van der Waals surface area contributed by atoms with Crippen molar-refractivity contribution in [3.63, 3.8) is 0 Å². The molecule has 0 fully saturated rings. The molecule has 158 valence electrons. The topological polar surface area (TPSA) is 101 Å². The van der Waals surface area contributed by atoms with Crippen LogP contribution in [-0.4, -0.2) is 22.0 Å². The number of nitrogens with one attached hydrogen (secondary N) is 1. The van der Waals surface area contributed by atoms with Gasteiger partial charge < -0.3 is 10.6 Å². The second-order valence-electron chi connectivity index (χ2n) is 8.37. The number of H-pyrrole nitrogens is 1. The molecule has 1 amide bonds. The molecule has 30 heavy (non-hydrogen) atoms. The summed E-state index contributed by atoms with van der Waals surface area (Å²) in [6.45, 7) is 8.43. The molecule has 3 aromatic rings. The maximum absolute atomic E-state index is 13.5. The van der Waals surface area contributed by atoms with E-state index in [0.717, 1.165) is 10.8 Å². The SMILES string of the molecule is CC(C)CN(C(=O)c1ccc2ccccc2c1)c1c(N)n(CC(C)C)c(=O)[nH]c1=O. The number of nitrogen functional groups attached to an aromatic ring is 1. The number of aromatic amines is 1. The first kappa shape index (κ1) is 21.4. The zero-order valence-corrected chi connectivity index (χ0v) is 17.8. The summed E-state index contributed by atoms with van der Waals surface area (Å²) in [6.07, 6.45) is 0. The number of hydrogen-bond donors (Lipinski definition) is 2. The van der Waals surface area contributed by atoms with Gasteiger partial charge >= 0.3 is 5.69 Å². The molecular formula is C23H28N4O3. The van der Waals surface area contributed by atoms with Crippen LogP contribution in [0.3, 0.4) is 0 Å². The van der Waals surface area contributed by atoms with Crippen LogP contribution in [0.5, 0.6) is 0 Å². The fraction of sp³-hybridized carbons (Fsp3) is 0.348. The molecule has 3 rings (SSSR count). The van der Waals surface area contributed by atoms with E-state index in [-0.39, 0.29) is 29.2 Å². The van der Waals surface area contributed by atoms with Crippen LogP contribution in [0, 0.1) is 11.8 Å². The Hall–Kier alpha value is -3.35. The molecule has 0 aliphatic rings. The number of carbonyl (C=O) groups is 1. The van der Waals surface area contributed by atoms with Gasteiger partial charge in [-0.1, -0.05) is 58.0 Å². The number of aromatic nitrogens is 2. The molecular weight excluding hydrogens is 380 g/mol. The Morgan fingerprint density at radius 1 is 1.03 bits per heavy atom. The number of rotatable bonds is 6. The number of hydrogen-bond acceptors (Lipinski definition) is 4. The number of anilines is 2. The fourth-order valence-electron chi connectivity index (χ4n) is 3.50. The zero-order chi connectivity index (χ0) is 22.0. The largest absolute Gasteiger partial charge is 0.383 e. The minimum atomic E-state index is -0.660. The number of amides is 1. The third kappa shape index (κ3) is 4.30. The van der Waals surface area contributed by atoms with Gasteiger partial charge in [0, 0.05) is 18.7 Å². The highest BCUT2D eigenvalue weighted by Gasteiger charge is 2.26. The van der Waals surface area contributed by atoms with E-state index in [4.69, 9.17) is 5.73 Å². The van der Waals surface area contributed by atoms with Crippen molar-refractivity contribution in [2.45, 2.75) is 34.2 Å². The number of nitrogens with two attached hydrogens (primary N) is 1. The molecule has 1 heterocycles. The Morgan fingerprint density at radius 2 is 1.70 bits per heavy atom. The van der Waals surface area contributed by atoms with Crippen molar-refractivity contribution in [3.8, 4) is 0 Å². The Bertz CT molecular complexity index is 1190. The van der Waals surface area contributed by atoms with Crippen LogP contribution in [-0.2, 0) is 6.54 Å². The molecule has 0 spiro atoms. The first-order valence-corrected chi connectivity index (χ1v) is 10.1. The van der Waals surface area contributed by atoms with E-state index in [1.54, 1.807) is 12.1 Å². The van der Waals surface area contributed by atoms with E-state index in [0.29, 0.717) is 18.7 Å². The van der Waals surface area contributed by atoms with Gasteiger partial charge in [-0.25, -0.2) is 4.79 Å². The number of carbonyl (C=O) groups excluding carboxylic acids is 1. The van der Waals surface area contributed by atoms with Crippen LogP contribution in [0.25, 0.3) is 10.8 Å². The lowest BCUT2D eigenvalue weighted by molar-refractivity contribution is 0.0983. The molecule has 3 N–H and O–H groups in total. The zero-order valence-electron chi connectivity index (χ0n) is 17.8. The third-order valence-corrected chi connectivity index (χ3v) is 4.82. The van der Waals surface area contributed by atoms with Gasteiger partial charge in [0.05, 0.1) is 0 Å². The molecule has 0 atom stereocenters. The highest BCUT2D eigenvalue weighted by atomic mass is 16.2. The first-order chi connectivity index (χ1) is 14.2. The molecule has 0 aliphatic heterocycles. The van der Waals surface area contributed by atoms with Crippen LogP contribution >= 0.6 is 0 Å². The molecule has 0 bridgehead atoms. The van der Waals surface area contributed by atoms with Crippen LogP contribution in [0.1, 0.15) is 38.1 Å². The van der Waals surface area contributed by atoms with Crippen molar-refractivity contribution in [2.75, 3.05) is 17.2 Å². The van der Waals surface area contributed by atoms with Gasteiger partial charge in [-0.2, -0.15) is 0 Å². The van der Waals surface area contributed by atoms with E-state index in [1.165, 1.54) is 9.47 Å². The van der Waals surface area contributed by atoms with E-state index < -0.39 is 11.2 Å². The average Bonchev–Trinajstić information content (AvgIpc) is 2.69. The minimum absolute atomic E-state index is 0.00670. The summed E-state index contributed by atoms with van der Waals surface area (Å²) >= 11 is 0. The number of benzene rings is 2. The quantitative estimate of drug-likeness (QED) is 0.654. The van der Waals surface area contributed by atoms with E-state index in [2.05, 4.69) is 4.98 Å². The van der Waals surface area contributed by atoms with Gasteiger partial charge in [-0.05, 0) is 34.7 Å². The standard InChI is InChI=1S/C23H28N4O3/c1-14(2)12-26(19-20(24)27(13-15(3)4)23(30)25-21(19)28)22(29)18-10-9-16-7-5-6-8-17(16)11-18/h5-11,14-15H,12-13,24H2,1-4H3,(H,25,28,30). The molecule has 0 saturated heterocycles. The van der Waals surface area contributed by atoms with Gasteiger partial charge in [0.25, 0.3) is 11.5 Å². The van der Waals surface area contributed by atoms with Crippen molar-refractivity contribution in [1.82, 2.24) is 9.55 Å². The van der Waals surface area contributed by atoms with Crippen molar-refractivity contribution in [2.24, 2.45) is 11.8 Å². The first-order valence-electron chi connectivity index (χ1n) is 10.1. The summed E-state index contributed by atoms with van der Waals surface area (Å²) in [4.78, 5) is 42.2. The van der Waals surface area contributed by atoms with E-state index in [9.17, 15) is 14.4 Å². The molecule has 0 aliphatic carbocycles. The summed E-state index contributed by atoms with van der Waals surface area (Å²) in [5, 5.41) is 1.95. The minimum Gasteiger partial charge on any atom is -0.383 e. The van der Waals surface area contributed by atoms with Gasteiger partial charge in [-0.15, -0.1) is 0 Å². The molecule has 7 nitrogen and oxygen atoms in total. The summed E-state index contributed by atoms with van der Waals surface area (Å²) in [7, 11) is 0. The third-order valence-electron chi connectivity index (χ3n) is 4.82. The average molecular weight is 409 g/mol.